The van der Waals surface area contributed by atoms with Gasteiger partial charge < -0.3 is 24.8 Å². The van der Waals surface area contributed by atoms with Gasteiger partial charge in [0, 0.05) is 31.1 Å². The van der Waals surface area contributed by atoms with E-state index >= 15 is 0 Å². The second-order valence-electron chi connectivity index (χ2n) is 13.6. The van der Waals surface area contributed by atoms with Crippen LogP contribution in [0.1, 0.15) is 85.5 Å². The second kappa shape index (κ2) is 13.1. The number of fused-ring (bicyclic) bond motifs is 1. The Morgan fingerprint density at radius 2 is 1.88 bits per heavy atom. The van der Waals surface area contributed by atoms with Crippen LogP contribution in [-0.4, -0.2) is 58.9 Å². The number of esters is 1. The minimum atomic E-state index is -0.958. The number of cyclic esters (lactones) is 1. The molecule has 6 nitrogen and oxygen atoms in total. The van der Waals surface area contributed by atoms with Crippen LogP contribution in [0, 0.1) is 35.0 Å². The average molecular weight is 557 g/mol. The zero-order valence-electron chi connectivity index (χ0n) is 25.1. The lowest BCUT2D eigenvalue weighted by Crippen LogP contribution is -2.45. The van der Waals surface area contributed by atoms with Crippen molar-refractivity contribution in [2.45, 2.75) is 110 Å². The summed E-state index contributed by atoms with van der Waals surface area (Å²) in [5.74, 6) is 1.96. The fourth-order valence-electron chi connectivity index (χ4n) is 8.37. The molecule has 0 spiro atoms. The number of carbonyl (C=O) groups is 1. The fourth-order valence-corrected chi connectivity index (χ4v) is 8.37. The van der Waals surface area contributed by atoms with E-state index in [1.807, 2.05) is 0 Å². The van der Waals surface area contributed by atoms with Gasteiger partial charge in [-0.15, -0.1) is 0 Å². The molecule has 224 valence electrons. The summed E-state index contributed by atoms with van der Waals surface area (Å²) in [6.45, 7) is 17.7. The number of aliphatic hydroxyl groups excluding tert-OH is 3. The first-order valence-electron chi connectivity index (χ1n) is 15.5. The van der Waals surface area contributed by atoms with Gasteiger partial charge in [-0.3, -0.25) is 0 Å². The van der Waals surface area contributed by atoms with E-state index in [0.717, 1.165) is 31.3 Å². The molecule has 4 rings (SSSR count). The third kappa shape index (κ3) is 6.35. The predicted octanol–water partition coefficient (Wildman–Crippen LogP) is 5.68. The normalized spacial score (nSPS) is 39.3. The Morgan fingerprint density at radius 3 is 2.58 bits per heavy atom. The quantitative estimate of drug-likeness (QED) is 0.182. The largest absolute Gasteiger partial charge is 0.458 e. The summed E-state index contributed by atoms with van der Waals surface area (Å²) in [6.07, 6.45) is 10.3. The van der Waals surface area contributed by atoms with Gasteiger partial charge in [0.25, 0.3) is 0 Å². The van der Waals surface area contributed by atoms with E-state index < -0.39 is 18.3 Å². The molecule has 0 aromatic rings. The van der Waals surface area contributed by atoms with E-state index in [0.29, 0.717) is 54.3 Å². The van der Waals surface area contributed by atoms with Crippen molar-refractivity contribution in [3.63, 3.8) is 0 Å². The zero-order chi connectivity index (χ0) is 29.2. The van der Waals surface area contributed by atoms with Crippen LogP contribution in [0.3, 0.4) is 0 Å². The van der Waals surface area contributed by atoms with Crippen LogP contribution in [-0.2, 0) is 14.3 Å². The van der Waals surface area contributed by atoms with Gasteiger partial charge in [-0.2, -0.15) is 0 Å². The lowest BCUT2D eigenvalue weighted by molar-refractivity contribution is -0.140. The van der Waals surface area contributed by atoms with Crippen LogP contribution >= 0.6 is 0 Å². The number of ether oxygens (including phenoxy) is 2. The summed E-state index contributed by atoms with van der Waals surface area (Å²) in [5.41, 5.74) is 3.82. The molecule has 0 radical (unpaired) electrons. The summed E-state index contributed by atoms with van der Waals surface area (Å²) in [4.78, 5) is 12.4. The molecule has 4 aliphatic rings. The SMILES string of the molecule is C=C1C(=CC=C2CCC[C@]3(C)[C@@H]([C@H](C)C[C@H]4OC(=O)C(=C)[C@H]4CC(C)C)CC[C@@H]23)C[C@@H](O)[C@H](OCCCO)[C@@H]1O. The van der Waals surface area contributed by atoms with Gasteiger partial charge in [0.05, 0.1) is 6.10 Å². The Hall–Kier alpha value is -1.73. The maximum atomic E-state index is 12.4. The highest BCUT2D eigenvalue weighted by Crippen LogP contribution is 2.60. The molecule has 0 aromatic carbocycles. The van der Waals surface area contributed by atoms with E-state index in [9.17, 15) is 15.0 Å². The first-order valence-corrected chi connectivity index (χ1v) is 15.5. The molecule has 1 aliphatic heterocycles. The molecule has 0 amide bonds. The summed E-state index contributed by atoms with van der Waals surface area (Å²) < 4.78 is 11.5. The number of hydrogen-bond donors (Lipinski definition) is 3. The van der Waals surface area contributed by atoms with Gasteiger partial charge in [-0.25, -0.2) is 4.79 Å². The van der Waals surface area contributed by atoms with Crippen molar-refractivity contribution < 1.29 is 29.6 Å². The molecule has 0 bridgehead atoms. The van der Waals surface area contributed by atoms with E-state index in [4.69, 9.17) is 14.6 Å². The highest BCUT2D eigenvalue weighted by Gasteiger charge is 2.52. The Kier molecular flexibility index (Phi) is 10.2. The van der Waals surface area contributed by atoms with Crippen molar-refractivity contribution in [1.29, 1.82) is 0 Å². The topological polar surface area (TPSA) is 96.2 Å². The lowest BCUT2D eigenvalue weighted by atomic mass is 9.60. The van der Waals surface area contributed by atoms with E-state index in [1.54, 1.807) is 0 Å². The van der Waals surface area contributed by atoms with Crippen LogP contribution in [0.5, 0.6) is 0 Å². The Morgan fingerprint density at radius 1 is 1.12 bits per heavy atom. The molecule has 6 heteroatoms. The molecule has 1 saturated heterocycles. The van der Waals surface area contributed by atoms with Crippen LogP contribution in [0.4, 0.5) is 0 Å². The first kappa shape index (κ1) is 31.2. The van der Waals surface area contributed by atoms with Gasteiger partial charge in [0.15, 0.2) is 0 Å². The molecule has 3 saturated carbocycles. The summed E-state index contributed by atoms with van der Waals surface area (Å²) >= 11 is 0. The number of hydrogen-bond acceptors (Lipinski definition) is 6. The van der Waals surface area contributed by atoms with Crippen molar-refractivity contribution in [3.8, 4) is 0 Å². The van der Waals surface area contributed by atoms with E-state index in [1.165, 1.54) is 24.8 Å². The molecule has 0 aromatic heterocycles. The van der Waals surface area contributed by atoms with Crippen molar-refractivity contribution >= 4 is 5.97 Å². The van der Waals surface area contributed by atoms with Crippen LogP contribution < -0.4 is 0 Å². The summed E-state index contributed by atoms with van der Waals surface area (Å²) in [5, 5.41) is 30.5. The number of aliphatic hydroxyl groups is 3. The standard InChI is InChI=1S/C34H52O6/c1-20(2)17-26-23(5)33(38)40-30(26)18-21(3)27-12-13-28-24(9-7-14-34(27,28)6)10-11-25-19-29(36)32(31(37)22(25)4)39-16-8-15-35/h10-11,20-21,26-32,35-37H,4-5,7-9,12-19H2,1-3,6H3/t21-,26-,27-,28+,29-,30-,31-,32+,34-/m1/s1. The number of carbonyl (C=O) groups excluding carboxylic acids is 1. The van der Waals surface area contributed by atoms with Gasteiger partial charge in [0.1, 0.15) is 18.3 Å². The maximum Gasteiger partial charge on any atom is 0.334 e. The van der Waals surface area contributed by atoms with E-state index in [2.05, 4.69) is 53.0 Å². The minimum Gasteiger partial charge on any atom is -0.458 e. The molecule has 3 aliphatic carbocycles. The summed E-state index contributed by atoms with van der Waals surface area (Å²) in [6, 6.07) is 0. The Bertz CT molecular complexity index is 1010. The Balaban J connectivity index is 1.45. The second-order valence-corrected chi connectivity index (χ2v) is 13.6. The van der Waals surface area contributed by atoms with Crippen molar-refractivity contribution in [3.05, 3.63) is 47.6 Å². The highest BCUT2D eigenvalue weighted by molar-refractivity contribution is 5.90. The molecule has 3 N–H and O–H groups in total. The van der Waals surface area contributed by atoms with Crippen LogP contribution in [0.2, 0.25) is 0 Å². The minimum absolute atomic E-state index is 0.0146. The van der Waals surface area contributed by atoms with Gasteiger partial charge in [-0.05, 0) is 91.6 Å². The average Bonchev–Trinajstić information content (AvgIpc) is 3.38. The van der Waals surface area contributed by atoms with Gasteiger partial charge >= 0.3 is 5.97 Å². The lowest BCUT2D eigenvalue weighted by Gasteiger charge is -2.45. The number of rotatable bonds is 10. The molecule has 0 unspecified atom stereocenters. The molecule has 4 fully saturated rings. The highest BCUT2D eigenvalue weighted by atomic mass is 16.6. The van der Waals surface area contributed by atoms with Crippen molar-refractivity contribution in [2.24, 2.45) is 35.0 Å². The molecular formula is C34H52O6. The number of allylic oxidation sites excluding steroid dienone is 3. The maximum absolute atomic E-state index is 12.4. The predicted molar refractivity (Wildman–Crippen MR) is 157 cm³/mol. The third-order valence-electron chi connectivity index (χ3n) is 10.5. The first-order chi connectivity index (χ1) is 19.0. The van der Waals surface area contributed by atoms with Crippen LogP contribution in [0.15, 0.2) is 47.6 Å². The Labute approximate surface area is 241 Å². The summed E-state index contributed by atoms with van der Waals surface area (Å²) in [7, 11) is 0. The van der Waals surface area contributed by atoms with E-state index in [-0.39, 0.29) is 30.0 Å². The molecule has 9 atom stereocenters. The van der Waals surface area contributed by atoms with Crippen molar-refractivity contribution in [2.75, 3.05) is 13.2 Å². The van der Waals surface area contributed by atoms with Gasteiger partial charge in [0.2, 0.25) is 0 Å². The fraction of sp³-hybridized carbons (Fsp3) is 0.735. The molecule has 1 heterocycles. The molecule has 40 heavy (non-hydrogen) atoms. The third-order valence-corrected chi connectivity index (χ3v) is 10.5. The molecular weight excluding hydrogens is 504 g/mol. The van der Waals surface area contributed by atoms with Crippen molar-refractivity contribution in [1.82, 2.24) is 0 Å². The monoisotopic (exact) mass is 556 g/mol. The zero-order valence-corrected chi connectivity index (χ0v) is 25.1. The van der Waals surface area contributed by atoms with Crippen LogP contribution in [0.25, 0.3) is 0 Å². The smallest absolute Gasteiger partial charge is 0.334 e. The van der Waals surface area contributed by atoms with Gasteiger partial charge in [-0.1, -0.05) is 58.6 Å².